The zero-order valence-corrected chi connectivity index (χ0v) is 13.1. The molecule has 1 heterocycles. The van der Waals surface area contributed by atoms with E-state index in [1.54, 1.807) is 18.3 Å². The summed E-state index contributed by atoms with van der Waals surface area (Å²) in [7, 11) is 0. The van der Waals surface area contributed by atoms with E-state index < -0.39 is 6.04 Å². The van der Waals surface area contributed by atoms with Crippen LogP contribution in [0.2, 0.25) is 0 Å². The van der Waals surface area contributed by atoms with Gasteiger partial charge in [0.2, 0.25) is 5.91 Å². The number of halogens is 1. The van der Waals surface area contributed by atoms with Crippen molar-refractivity contribution in [2.24, 2.45) is 5.73 Å². The molecule has 6 heteroatoms. The van der Waals surface area contributed by atoms with Crippen LogP contribution in [0.3, 0.4) is 0 Å². The summed E-state index contributed by atoms with van der Waals surface area (Å²) in [6, 6.07) is 9.54. The van der Waals surface area contributed by atoms with Crippen molar-refractivity contribution in [1.82, 2.24) is 10.3 Å². The zero-order chi connectivity index (χ0) is 13.8. The van der Waals surface area contributed by atoms with Crippen molar-refractivity contribution in [3.8, 4) is 10.6 Å². The molecule has 2 rings (SSSR count). The van der Waals surface area contributed by atoms with Gasteiger partial charge in [0.1, 0.15) is 5.01 Å². The van der Waals surface area contributed by atoms with Crippen LogP contribution in [-0.4, -0.2) is 16.9 Å². The monoisotopic (exact) mass is 311 g/mol. The summed E-state index contributed by atoms with van der Waals surface area (Å²) < 4.78 is 0. The molecule has 0 aliphatic carbocycles. The Kier molecular flexibility index (Phi) is 6.13. The molecule has 0 aliphatic rings. The smallest absolute Gasteiger partial charge is 0.236 e. The molecule has 0 saturated heterocycles. The van der Waals surface area contributed by atoms with Crippen LogP contribution in [0.1, 0.15) is 17.5 Å². The Morgan fingerprint density at radius 2 is 2.05 bits per heavy atom. The van der Waals surface area contributed by atoms with Gasteiger partial charge in [0.25, 0.3) is 0 Å². The quantitative estimate of drug-likeness (QED) is 0.911. The Hall–Kier alpha value is -1.43. The molecule has 0 unspecified atom stereocenters. The summed E-state index contributed by atoms with van der Waals surface area (Å²) in [5, 5.41) is 3.79. The molecular weight excluding hydrogens is 294 g/mol. The fraction of sp³-hybridized carbons (Fsp3) is 0.286. The third-order valence-electron chi connectivity index (χ3n) is 2.75. The van der Waals surface area contributed by atoms with Crippen LogP contribution in [-0.2, 0) is 11.3 Å². The van der Waals surface area contributed by atoms with Gasteiger partial charge in [-0.2, -0.15) is 0 Å². The Labute approximate surface area is 128 Å². The first-order valence-corrected chi connectivity index (χ1v) is 6.94. The summed E-state index contributed by atoms with van der Waals surface area (Å²) in [6.45, 7) is 4.11. The van der Waals surface area contributed by atoms with Gasteiger partial charge < -0.3 is 11.1 Å². The number of aryl methyl sites for hydroxylation is 1. The lowest BCUT2D eigenvalue weighted by molar-refractivity contribution is -0.122. The maximum atomic E-state index is 11.5. The number of thiazole rings is 1. The van der Waals surface area contributed by atoms with E-state index in [0.717, 1.165) is 21.1 Å². The molecule has 1 aromatic carbocycles. The highest BCUT2D eigenvalue weighted by atomic mass is 35.5. The molecule has 1 aromatic heterocycles. The second-order valence-corrected chi connectivity index (χ2v) is 5.48. The Morgan fingerprint density at radius 1 is 1.40 bits per heavy atom. The predicted octanol–water partition coefficient (Wildman–Crippen LogP) is 2.50. The maximum absolute atomic E-state index is 11.5. The van der Waals surface area contributed by atoms with Crippen LogP contribution >= 0.6 is 23.7 Å². The van der Waals surface area contributed by atoms with E-state index in [1.807, 2.05) is 37.3 Å². The molecule has 108 valence electrons. The second kappa shape index (κ2) is 7.38. The van der Waals surface area contributed by atoms with Crippen LogP contribution in [0.4, 0.5) is 0 Å². The molecule has 1 atom stereocenters. The summed E-state index contributed by atoms with van der Waals surface area (Å²) in [5.74, 6) is -0.144. The van der Waals surface area contributed by atoms with Gasteiger partial charge in [0.15, 0.2) is 0 Å². The first kappa shape index (κ1) is 16.6. The molecule has 3 N–H and O–H groups in total. The van der Waals surface area contributed by atoms with E-state index in [-0.39, 0.29) is 18.3 Å². The lowest BCUT2D eigenvalue weighted by atomic mass is 10.2. The molecule has 0 bridgehead atoms. The minimum absolute atomic E-state index is 0. The molecule has 0 fully saturated rings. The Bertz CT molecular complexity index is 569. The number of hydrogen-bond acceptors (Lipinski definition) is 4. The number of benzene rings is 1. The van der Waals surface area contributed by atoms with Gasteiger partial charge in [-0.1, -0.05) is 30.3 Å². The van der Waals surface area contributed by atoms with Gasteiger partial charge in [-0.05, 0) is 13.8 Å². The lowest BCUT2D eigenvalue weighted by Gasteiger charge is -2.06. The number of nitrogens with zero attached hydrogens (tertiary/aromatic N) is 1. The standard InChI is InChI=1S/C14H17N3OS.ClH/c1-9(15)13(18)16-8-12-10(2)17-14(19-12)11-6-4-3-5-7-11;/h3-7,9H,8,15H2,1-2H3,(H,16,18);1H/t9-;/m0./s1. The zero-order valence-electron chi connectivity index (χ0n) is 11.4. The number of aromatic nitrogens is 1. The van der Waals surface area contributed by atoms with Crippen molar-refractivity contribution in [1.29, 1.82) is 0 Å². The van der Waals surface area contributed by atoms with E-state index >= 15 is 0 Å². The van der Waals surface area contributed by atoms with Gasteiger partial charge in [0.05, 0.1) is 18.3 Å². The highest BCUT2D eigenvalue weighted by Gasteiger charge is 2.11. The van der Waals surface area contributed by atoms with E-state index in [1.165, 1.54) is 0 Å². The number of carbonyl (C=O) groups is 1. The third kappa shape index (κ3) is 4.03. The van der Waals surface area contributed by atoms with Crippen molar-refractivity contribution in [3.63, 3.8) is 0 Å². The fourth-order valence-electron chi connectivity index (χ4n) is 1.62. The van der Waals surface area contributed by atoms with Gasteiger partial charge >= 0.3 is 0 Å². The summed E-state index contributed by atoms with van der Waals surface area (Å²) in [5.41, 5.74) is 7.56. The summed E-state index contributed by atoms with van der Waals surface area (Å²) in [6.07, 6.45) is 0. The number of amides is 1. The topological polar surface area (TPSA) is 68.0 Å². The SMILES string of the molecule is Cc1nc(-c2ccccc2)sc1CNC(=O)[C@H](C)N.Cl. The summed E-state index contributed by atoms with van der Waals surface area (Å²) in [4.78, 5) is 17.1. The minimum atomic E-state index is -0.484. The number of nitrogens with two attached hydrogens (primary N) is 1. The molecule has 4 nitrogen and oxygen atoms in total. The van der Waals surface area contributed by atoms with Crippen LogP contribution in [0.5, 0.6) is 0 Å². The van der Waals surface area contributed by atoms with E-state index in [9.17, 15) is 4.79 Å². The van der Waals surface area contributed by atoms with Crippen molar-refractivity contribution < 1.29 is 4.79 Å². The normalized spacial score (nSPS) is 11.6. The highest BCUT2D eigenvalue weighted by molar-refractivity contribution is 7.15. The Morgan fingerprint density at radius 3 is 2.65 bits per heavy atom. The van der Waals surface area contributed by atoms with Crippen molar-refractivity contribution in [2.75, 3.05) is 0 Å². The molecule has 20 heavy (non-hydrogen) atoms. The van der Waals surface area contributed by atoms with Gasteiger partial charge in [-0.3, -0.25) is 4.79 Å². The van der Waals surface area contributed by atoms with E-state index in [4.69, 9.17) is 5.73 Å². The highest BCUT2D eigenvalue weighted by Crippen LogP contribution is 2.27. The van der Waals surface area contributed by atoms with Gasteiger partial charge in [-0.15, -0.1) is 23.7 Å². The molecule has 1 amide bonds. The minimum Gasteiger partial charge on any atom is -0.350 e. The average Bonchev–Trinajstić information content (AvgIpc) is 2.78. The van der Waals surface area contributed by atoms with Crippen LogP contribution < -0.4 is 11.1 Å². The molecule has 0 saturated carbocycles. The Balaban J connectivity index is 0.00000200. The summed E-state index contributed by atoms with van der Waals surface area (Å²) >= 11 is 1.60. The average molecular weight is 312 g/mol. The fourth-order valence-corrected chi connectivity index (χ4v) is 2.63. The molecule has 0 aliphatic heterocycles. The first-order chi connectivity index (χ1) is 9.08. The number of carbonyl (C=O) groups excluding carboxylic acids is 1. The van der Waals surface area contributed by atoms with Gasteiger partial charge in [0, 0.05) is 10.4 Å². The van der Waals surface area contributed by atoms with Crippen molar-refractivity contribution in [3.05, 3.63) is 40.9 Å². The van der Waals surface area contributed by atoms with E-state index in [2.05, 4.69) is 10.3 Å². The second-order valence-electron chi connectivity index (χ2n) is 4.40. The maximum Gasteiger partial charge on any atom is 0.236 e. The lowest BCUT2D eigenvalue weighted by Crippen LogP contribution is -2.37. The molecule has 0 radical (unpaired) electrons. The largest absolute Gasteiger partial charge is 0.350 e. The van der Waals surface area contributed by atoms with Crippen LogP contribution in [0, 0.1) is 6.92 Å². The number of hydrogen-bond donors (Lipinski definition) is 2. The molecule has 2 aromatic rings. The van der Waals surface area contributed by atoms with E-state index in [0.29, 0.717) is 6.54 Å². The molecule has 0 spiro atoms. The van der Waals surface area contributed by atoms with Crippen molar-refractivity contribution >= 4 is 29.7 Å². The van der Waals surface area contributed by atoms with Gasteiger partial charge in [-0.25, -0.2) is 4.98 Å². The third-order valence-corrected chi connectivity index (χ3v) is 3.96. The predicted molar refractivity (Wildman–Crippen MR) is 85.0 cm³/mol. The first-order valence-electron chi connectivity index (χ1n) is 6.13. The number of nitrogens with one attached hydrogen (secondary N) is 1. The van der Waals surface area contributed by atoms with Crippen LogP contribution in [0.15, 0.2) is 30.3 Å². The molecular formula is C14H18ClN3OS. The number of rotatable bonds is 4. The van der Waals surface area contributed by atoms with Crippen LogP contribution in [0.25, 0.3) is 10.6 Å². The van der Waals surface area contributed by atoms with Crippen molar-refractivity contribution in [2.45, 2.75) is 26.4 Å².